The van der Waals surface area contributed by atoms with Crippen molar-refractivity contribution in [1.29, 1.82) is 0 Å². The zero-order chi connectivity index (χ0) is 13.8. The van der Waals surface area contributed by atoms with Gasteiger partial charge in [-0.2, -0.15) is 5.10 Å². The number of aldehydes is 1. The number of aromatic nitrogens is 2. The van der Waals surface area contributed by atoms with Crippen molar-refractivity contribution in [2.45, 2.75) is 6.04 Å². The van der Waals surface area contributed by atoms with E-state index in [-0.39, 0.29) is 13.2 Å². The highest BCUT2D eigenvalue weighted by molar-refractivity contribution is 6.30. The summed E-state index contributed by atoms with van der Waals surface area (Å²) in [6.07, 6.45) is 0.694. The second kappa shape index (κ2) is 5.97. The van der Waals surface area contributed by atoms with Crippen LogP contribution in [0.1, 0.15) is 16.5 Å². The molecule has 100 valence electrons. The number of carbonyl (C=O) groups excluding carboxylic acids is 1. The van der Waals surface area contributed by atoms with Crippen molar-refractivity contribution in [1.82, 2.24) is 9.78 Å². The van der Waals surface area contributed by atoms with E-state index in [0.717, 1.165) is 5.56 Å². The summed E-state index contributed by atoms with van der Waals surface area (Å²) in [5, 5.41) is 14.2. The van der Waals surface area contributed by atoms with Gasteiger partial charge >= 0.3 is 0 Å². The van der Waals surface area contributed by atoms with Gasteiger partial charge in [-0.15, -0.1) is 0 Å². The van der Waals surface area contributed by atoms with Crippen LogP contribution in [0.2, 0.25) is 5.02 Å². The molecule has 1 aromatic heterocycles. The van der Waals surface area contributed by atoms with Gasteiger partial charge in [-0.05, 0) is 18.2 Å². The molecule has 1 unspecified atom stereocenters. The monoisotopic (exact) mass is 279 g/mol. The van der Waals surface area contributed by atoms with E-state index in [1.54, 1.807) is 18.2 Å². The summed E-state index contributed by atoms with van der Waals surface area (Å²) < 4.78 is 1.45. The van der Waals surface area contributed by atoms with Crippen LogP contribution in [-0.4, -0.2) is 34.3 Å². The number of carbonyl (C=O) groups is 1. The molecule has 19 heavy (non-hydrogen) atoms. The third kappa shape index (κ3) is 2.84. The minimum atomic E-state index is -0.409. The maximum atomic E-state index is 11.1. The van der Waals surface area contributed by atoms with E-state index in [1.165, 1.54) is 4.68 Å². The Morgan fingerprint density at radius 2 is 2.26 bits per heavy atom. The molecule has 2 rings (SSSR count). The molecule has 0 aliphatic heterocycles. The molecule has 0 fully saturated rings. The lowest BCUT2D eigenvalue weighted by atomic mass is 10.1. The lowest BCUT2D eigenvalue weighted by Crippen LogP contribution is -2.25. The molecule has 0 saturated heterocycles. The summed E-state index contributed by atoms with van der Waals surface area (Å²) >= 11 is 5.93. The molecule has 0 bridgehead atoms. The topological polar surface area (TPSA) is 81.1 Å². The highest BCUT2D eigenvalue weighted by atomic mass is 35.5. The van der Waals surface area contributed by atoms with E-state index in [2.05, 4.69) is 5.10 Å². The van der Waals surface area contributed by atoms with Gasteiger partial charge in [-0.1, -0.05) is 23.7 Å². The predicted molar refractivity (Wildman–Crippen MR) is 73.2 cm³/mol. The van der Waals surface area contributed by atoms with E-state index in [4.69, 9.17) is 17.3 Å². The summed E-state index contributed by atoms with van der Waals surface area (Å²) in [4.78, 5) is 11.1. The van der Waals surface area contributed by atoms with Crippen molar-refractivity contribution in [2.24, 2.45) is 5.73 Å². The van der Waals surface area contributed by atoms with E-state index in [1.807, 2.05) is 12.1 Å². The van der Waals surface area contributed by atoms with Crippen molar-refractivity contribution in [3.8, 4) is 11.3 Å². The van der Waals surface area contributed by atoms with Gasteiger partial charge in [0.25, 0.3) is 0 Å². The summed E-state index contributed by atoms with van der Waals surface area (Å²) in [5.74, 6) is 0. The van der Waals surface area contributed by atoms with Crippen molar-refractivity contribution in [3.05, 3.63) is 41.0 Å². The van der Waals surface area contributed by atoms with Gasteiger partial charge in [-0.25, -0.2) is 0 Å². The molecule has 1 heterocycles. The van der Waals surface area contributed by atoms with Gasteiger partial charge in [0.05, 0.1) is 18.3 Å². The van der Waals surface area contributed by atoms with Crippen molar-refractivity contribution in [2.75, 3.05) is 13.2 Å². The van der Waals surface area contributed by atoms with Crippen molar-refractivity contribution >= 4 is 17.9 Å². The third-order valence-corrected chi connectivity index (χ3v) is 3.07. The summed E-state index contributed by atoms with van der Waals surface area (Å²) in [6, 6.07) is 8.43. The number of rotatable bonds is 5. The van der Waals surface area contributed by atoms with Gasteiger partial charge in [0.15, 0.2) is 6.29 Å². The molecule has 0 spiro atoms. The van der Waals surface area contributed by atoms with Crippen LogP contribution in [0.25, 0.3) is 11.3 Å². The standard InChI is InChI=1S/C13H14ClN3O2/c14-10-3-1-2-9(4-10)13-5-11(7-18)17(16-13)12(6-15)8-19/h1-5,7,12,19H,6,8,15H2. The van der Waals surface area contributed by atoms with Crippen LogP contribution in [-0.2, 0) is 0 Å². The predicted octanol–water partition coefficient (Wildman–Crippen LogP) is 1.51. The zero-order valence-electron chi connectivity index (χ0n) is 10.2. The Kier molecular flexibility index (Phi) is 4.31. The van der Waals surface area contributed by atoms with E-state index < -0.39 is 6.04 Å². The Balaban J connectivity index is 2.46. The van der Waals surface area contributed by atoms with Gasteiger partial charge in [0.1, 0.15) is 5.69 Å². The van der Waals surface area contributed by atoms with E-state index in [0.29, 0.717) is 22.7 Å². The molecule has 2 aromatic rings. The molecule has 5 nitrogen and oxygen atoms in total. The highest BCUT2D eigenvalue weighted by Crippen LogP contribution is 2.23. The zero-order valence-corrected chi connectivity index (χ0v) is 10.9. The third-order valence-electron chi connectivity index (χ3n) is 2.83. The Bertz CT molecular complexity index is 579. The average Bonchev–Trinajstić information content (AvgIpc) is 2.84. The number of hydrogen-bond donors (Lipinski definition) is 2. The minimum Gasteiger partial charge on any atom is -0.394 e. The molecule has 0 aliphatic carbocycles. The number of hydrogen-bond acceptors (Lipinski definition) is 4. The number of nitrogens with two attached hydrogens (primary N) is 1. The minimum absolute atomic E-state index is 0.173. The van der Waals surface area contributed by atoms with Crippen LogP contribution in [0.4, 0.5) is 0 Å². The molecule has 0 saturated carbocycles. The fourth-order valence-electron chi connectivity index (χ4n) is 1.83. The quantitative estimate of drug-likeness (QED) is 0.813. The Hall–Kier alpha value is -1.69. The molecule has 1 aromatic carbocycles. The first kappa shape index (κ1) is 13.7. The number of aliphatic hydroxyl groups is 1. The smallest absolute Gasteiger partial charge is 0.168 e. The summed E-state index contributed by atoms with van der Waals surface area (Å²) in [7, 11) is 0. The van der Waals surface area contributed by atoms with Gasteiger partial charge in [-0.3, -0.25) is 9.48 Å². The molecule has 1 atom stereocenters. The molecule has 6 heteroatoms. The fourth-order valence-corrected chi connectivity index (χ4v) is 2.02. The van der Waals surface area contributed by atoms with Crippen LogP contribution >= 0.6 is 11.6 Å². The lowest BCUT2D eigenvalue weighted by Gasteiger charge is -2.13. The first-order valence-electron chi connectivity index (χ1n) is 5.81. The largest absolute Gasteiger partial charge is 0.394 e. The van der Waals surface area contributed by atoms with Crippen molar-refractivity contribution < 1.29 is 9.90 Å². The number of nitrogens with zero attached hydrogens (tertiary/aromatic N) is 2. The maximum Gasteiger partial charge on any atom is 0.168 e. The number of benzene rings is 1. The van der Waals surface area contributed by atoms with Crippen molar-refractivity contribution in [3.63, 3.8) is 0 Å². The molecule has 0 radical (unpaired) electrons. The number of aliphatic hydroxyl groups excluding tert-OH is 1. The highest BCUT2D eigenvalue weighted by Gasteiger charge is 2.16. The molecular formula is C13H14ClN3O2. The molecule has 0 aliphatic rings. The normalized spacial score (nSPS) is 12.4. The van der Waals surface area contributed by atoms with Gasteiger partial charge in [0.2, 0.25) is 0 Å². The molecule has 0 amide bonds. The molecular weight excluding hydrogens is 266 g/mol. The first-order valence-corrected chi connectivity index (χ1v) is 6.19. The van der Waals surface area contributed by atoms with Crippen LogP contribution in [0, 0.1) is 0 Å². The SMILES string of the molecule is NCC(CO)n1nc(-c2cccc(Cl)c2)cc1C=O. The second-order valence-corrected chi connectivity index (χ2v) is 4.54. The van der Waals surface area contributed by atoms with E-state index in [9.17, 15) is 9.90 Å². The van der Waals surface area contributed by atoms with Gasteiger partial charge < -0.3 is 10.8 Å². The Labute approximate surface area is 115 Å². The Morgan fingerprint density at radius 3 is 2.84 bits per heavy atom. The average molecular weight is 280 g/mol. The summed E-state index contributed by atoms with van der Waals surface area (Å²) in [5.41, 5.74) is 7.36. The van der Waals surface area contributed by atoms with Crippen LogP contribution < -0.4 is 5.73 Å². The maximum absolute atomic E-state index is 11.1. The molecule has 3 N–H and O–H groups in total. The van der Waals surface area contributed by atoms with Crippen LogP contribution in [0.15, 0.2) is 30.3 Å². The van der Waals surface area contributed by atoms with Crippen LogP contribution in [0.5, 0.6) is 0 Å². The second-order valence-electron chi connectivity index (χ2n) is 4.10. The first-order chi connectivity index (χ1) is 9.19. The van der Waals surface area contributed by atoms with Gasteiger partial charge in [0, 0.05) is 17.1 Å². The van der Waals surface area contributed by atoms with E-state index >= 15 is 0 Å². The summed E-state index contributed by atoms with van der Waals surface area (Å²) in [6.45, 7) is 0.0298. The fraction of sp³-hybridized carbons (Fsp3) is 0.231. The Morgan fingerprint density at radius 1 is 1.47 bits per heavy atom. The number of halogens is 1. The van der Waals surface area contributed by atoms with Crippen LogP contribution in [0.3, 0.4) is 0 Å². The lowest BCUT2D eigenvalue weighted by molar-refractivity contribution is 0.110.